The number of esters is 1. The minimum Gasteiger partial charge on any atom is -0.508 e. The smallest absolute Gasteiger partial charge is 0.491 e. The first-order valence-electron chi connectivity index (χ1n) is 9.19. The molecule has 0 aliphatic carbocycles. The molecule has 10 heteroatoms. The molecule has 2 N–H and O–H groups in total. The van der Waals surface area contributed by atoms with Crippen LogP contribution in [0.5, 0.6) is 5.75 Å². The molecule has 2 aromatic carbocycles. The second-order valence-corrected chi connectivity index (χ2v) is 7.82. The van der Waals surface area contributed by atoms with Crippen LogP contribution in [0.1, 0.15) is 41.8 Å². The summed E-state index contributed by atoms with van der Waals surface area (Å²) >= 11 is 0. The van der Waals surface area contributed by atoms with E-state index in [-0.39, 0.29) is 29.0 Å². The lowest BCUT2D eigenvalue weighted by Gasteiger charge is -2.32. The molecule has 0 bridgehead atoms. The van der Waals surface area contributed by atoms with Gasteiger partial charge < -0.3 is 14.9 Å². The van der Waals surface area contributed by atoms with Gasteiger partial charge in [-0.15, -0.1) is 13.2 Å². The van der Waals surface area contributed by atoms with Crippen LogP contribution >= 0.6 is 0 Å². The summed E-state index contributed by atoms with van der Waals surface area (Å²) < 4.78 is 59.5. The Morgan fingerprint density at radius 1 is 1.19 bits per heavy atom. The number of phenols is 1. The number of hydrogen-bond acceptors (Lipinski definition) is 5. The molecule has 2 aromatic rings. The molecule has 0 fully saturated rings. The van der Waals surface area contributed by atoms with Gasteiger partial charge in [0, 0.05) is 11.1 Å². The third-order valence-corrected chi connectivity index (χ3v) is 5.08. The molecule has 0 aromatic heterocycles. The number of cyclic esters (lactones) is 1. The predicted molar refractivity (Wildman–Crippen MR) is 101 cm³/mol. The Hall–Kier alpha value is -3.14. The second-order valence-electron chi connectivity index (χ2n) is 7.82. The van der Waals surface area contributed by atoms with E-state index in [2.05, 4.69) is 0 Å². The summed E-state index contributed by atoms with van der Waals surface area (Å²) in [6.07, 6.45) is -7.81. The van der Waals surface area contributed by atoms with Crippen LogP contribution in [0.15, 0.2) is 36.4 Å². The molecule has 1 aliphatic rings. The Balaban J connectivity index is 1.90. The average Bonchev–Trinajstić information content (AvgIpc) is 3.02. The quantitative estimate of drug-likeness (QED) is 0.419. The van der Waals surface area contributed by atoms with E-state index in [9.17, 15) is 37.4 Å². The molecule has 1 amide bonds. The summed E-state index contributed by atoms with van der Waals surface area (Å²) in [5.41, 5.74) is -1.51. The fourth-order valence-electron chi connectivity index (χ4n) is 3.54. The van der Waals surface area contributed by atoms with E-state index in [0.29, 0.717) is 0 Å². The summed E-state index contributed by atoms with van der Waals surface area (Å²) in [4.78, 5) is 23.6. The van der Waals surface area contributed by atoms with Crippen molar-refractivity contribution in [3.8, 4) is 5.75 Å². The molecular formula is C21H19F4NO5. The lowest BCUT2D eigenvalue weighted by molar-refractivity contribution is -0.156. The van der Waals surface area contributed by atoms with Crippen molar-refractivity contribution >= 4 is 17.6 Å². The van der Waals surface area contributed by atoms with Crippen molar-refractivity contribution < 1.29 is 42.1 Å². The number of aromatic hydroxyl groups is 1. The monoisotopic (exact) mass is 441 g/mol. The van der Waals surface area contributed by atoms with Gasteiger partial charge in [0.2, 0.25) is 0 Å². The summed E-state index contributed by atoms with van der Waals surface area (Å²) in [5.74, 6) is -3.33. The number of alkyl halides is 3. The number of ether oxygens (including phenoxy) is 1. The Kier molecular flexibility index (Phi) is 5.70. The molecule has 1 aliphatic heterocycles. The number of amides is 1. The van der Waals surface area contributed by atoms with E-state index < -0.39 is 52.5 Å². The van der Waals surface area contributed by atoms with Crippen molar-refractivity contribution in [2.75, 3.05) is 4.90 Å². The number of halogens is 4. The van der Waals surface area contributed by atoms with E-state index in [1.165, 1.54) is 13.8 Å². The van der Waals surface area contributed by atoms with Gasteiger partial charge in [-0.2, -0.15) is 0 Å². The van der Waals surface area contributed by atoms with Gasteiger partial charge in [-0.1, -0.05) is 13.8 Å². The molecule has 0 saturated carbocycles. The third-order valence-electron chi connectivity index (χ3n) is 5.08. The molecule has 166 valence electrons. The summed E-state index contributed by atoms with van der Waals surface area (Å²) in [7, 11) is 0. The van der Waals surface area contributed by atoms with Crippen molar-refractivity contribution in [3.63, 3.8) is 0 Å². The zero-order valence-corrected chi connectivity index (χ0v) is 16.5. The van der Waals surface area contributed by atoms with Crippen LogP contribution in [0.3, 0.4) is 0 Å². The number of anilines is 1. The number of fused-ring (bicyclic) bond motifs is 1. The number of aliphatic hydroxyl groups excluding tert-OH is 1. The van der Waals surface area contributed by atoms with Crippen molar-refractivity contribution in [2.45, 2.75) is 44.7 Å². The molecule has 0 spiro atoms. The molecule has 31 heavy (non-hydrogen) atoms. The number of benzene rings is 2. The first-order valence-corrected chi connectivity index (χ1v) is 9.19. The minimum absolute atomic E-state index is 0.0334. The fraction of sp³-hybridized carbons (Fsp3) is 0.333. The van der Waals surface area contributed by atoms with Gasteiger partial charge in [0.1, 0.15) is 24.3 Å². The van der Waals surface area contributed by atoms with Crippen LogP contribution in [0.4, 0.5) is 23.2 Å². The van der Waals surface area contributed by atoms with Gasteiger partial charge in [-0.25, -0.2) is 14.1 Å². The van der Waals surface area contributed by atoms with Crippen LogP contribution in [-0.2, 0) is 21.6 Å². The van der Waals surface area contributed by atoms with Gasteiger partial charge >= 0.3 is 12.3 Å². The lowest BCUT2D eigenvalue weighted by Crippen LogP contribution is -2.49. The summed E-state index contributed by atoms with van der Waals surface area (Å²) in [6, 6.07) is 6.13. The lowest BCUT2D eigenvalue weighted by atomic mass is 9.79. The van der Waals surface area contributed by atoms with Crippen LogP contribution in [0, 0.1) is 5.82 Å². The average molecular weight is 441 g/mol. The van der Waals surface area contributed by atoms with E-state index in [1.54, 1.807) is 0 Å². The Morgan fingerprint density at radius 2 is 1.87 bits per heavy atom. The summed E-state index contributed by atoms with van der Waals surface area (Å²) in [6.45, 7) is 2.68. The van der Waals surface area contributed by atoms with E-state index >= 15 is 0 Å². The highest BCUT2D eigenvalue weighted by atomic mass is 19.4. The number of phenolic OH excluding ortho intramolecular Hbond substituents is 1. The van der Waals surface area contributed by atoms with E-state index in [0.717, 1.165) is 36.4 Å². The van der Waals surface area contributed by atoms with Gasteiger partial charge in [0.15, 0.2) is 0 Å². The van der Waals surface area contributed by atoms with Crippen molar-refractivity contribution in [3.05, 3.63) is 58.9 Å². The topological polar surface area (TPSA) is 87.1 Å². The van der Waals surface area contributed by atoms with Crippen LogP contribution in [-0.4, -0.2) is 34.5 Å². The van der Waals surface area contributed by atoms with Gasteiger partial charge in [0.25, 0.3) is 5.91 Å². The highest BCUT2D eigenvalue weighted by Crippen LogP contribution is 2.37. The first kappa shape index (κ1) is 22.5. The normalized spacial score (nSPS) is 14.7. The second kappa shape index (κ2) is 7.84. The largest absolute Gasteiger partial charge is 0.508 e. The first-order chi connectivity index (χ1) is 14.3. The van der Waals surface area contributed by atoms with E-state index in [4.69, 9.17) is 4.74 Å². The van der Waals surface area contributed by atoms with E-state index in [1.807, 2.05) is 0 Å². The molecule has 1 unspecified atom stereocenters. The molecular weight excluding hydrogens is 422 g/mol. The number of carbonyl (C=O) groups excluding carboxylic acids is 2. The fourth-order valence-corrected chi connectivity index (χ4v) is 3.54. The zero-order chi connectivity index (χ0) is 23.1. The maximum atomic E-state index is 13.7. The molecule has 6 nitrogen and oxygen atoms in total. The molecule has 3 rings (SSSR count). The number of hydrogen-bond donors (Lipinski definition) is 2. The van der Waals surface area contributed by atoms with Gasteiger partial charge in [-0.3, -0.25) is 4.79 Å². The molecule has 1 heterocycles. The molecule has 1 atom stereocenters. The SMILES string of the molecule is CC(C)(CC(O)C(=O)N(c1ccc2c(c1)COC2=O)C(F)(F)F)c1cc(F)ccc1O. The van der Waals surface area contributed by atoms with Crippen LogP contribution < -0.4 is 4.90 Å². The number of carbonyl (C=O) groups is 2. The summed E-state index contributed by atoms with van der Waals surface area (Å²) in [5, 5.41) is 20.3. The number of rotatable bonds is 5. The van der Waals surface area contributed by atoms with Crippen LogP contribution in [0.2, 0.25) is 0 Å². The van der Waals surface area contributed by atoms with Crippen molar-refractivity contribution in [1.29, 1.82) is 0 Å². The molecule has 0 radical (unpaired) electrons. The highest BCUT2D eigenvalue weighted by molar-refractivity contribution is 5.99. The predicted octanol–water partition coefficient (Wildman–Crippen LogP) is 3.78. The highest BCUT2D eigenvalue weighted by Gasteiger charge is 2.46. The maximum Gasteiger partial charge on any atom is 0.491 e. The van der Waals surface area contributed by atoms with Crippen molar-refractivity contribution in [1.82, 2.24) is 0 Å². The Bertz CT molecular complexity index is 1030. The Morgan fingerprint density at radius 3 is 2.52 bits per heavy atom. The minimum atomic E-state index is -5.17. The standard InChI is InChI=1S/C21H19F4NO5/c1-20(2,15-8-12(22)3-6-16(15)27)9-17(28)18(29)26(21(23,24)25)13-4-5-14-11(7-13)10-31-19(14)30/h3-8,17,27-28H,9-10H2,1-2H3. The Labute approximate surface area is 174 Å². The zero-order valence-electron chi connectivity index (χ0n) is 16.5. The molecule has 0 saturated heterocycles. The van der Waals surface area contributed by atoms with Gasteiger partial charge in [-0.05, 0) is 48.2 Å². The maximum absolute atomic E-state index is 13.7. The van der Waals surface area contributed by atoms with Gasteiger partial charge in [0.05, 0.1) is 11.3 Å². The third kappa shape index (κ3) is 4.48. The van der Waals surface area contributed by atoms with Crippen LogP contribution in [0.25, 0.3) is 0 Å². The number of aliphatic hydroxyl groups is 1. The van der Waals surface area contributed by atoms with Crippen molar-refractivity contribution in [2.24, 2.45) is 0 Å². The number of nitrogens with zero attached hydrogens (tertiary/aromatic N) is 1.